The van der Waals surface area contributed by atoms with E-state index in [-0.39, 0.29) is 23.7 Å². The van der Waals surface area contributed by atoms with Gasteiger partial charge < -0.3 is 4.52 Å². The van der Waals surface area contributed by atoms with E-state index in [9.17, 15) is 9.59 Å². The van der Waals surface area contributed by atoms with E-state index in [4.69, 9.17) is 4.52 Å². The highest BCUT2D eigenvalue weighted by molar-refractivity contribution is 6.22. The first-order valence-electron chi connectivity index (χ1n) is 7.70. The lowest BCUT2D eigenvalue weighted by atomic mass is 10.00. The summed E-state index contributed by atoms with van der Waals surface area (Å²) in [5, 5.41) is 3.77. The molecule has 118 valence electrons. The average Bonchev–Trinajstić information content (AvgIpc) is 3.20. The third kappa shape index (κ3) is 2.26. The Bertz CT molecular complexity index is 731. The smallest absolute Gasteiger partial charge is 0.239 e. The second-order valence-corrected chi connectivity index (χ2v) is 6.16. The van der Waals surface area contributed by atoms with Crippen molar-refractivity contribution in [3.63, 3.8) is 0 Å². The van der Waals surface area contributed by atoms with Crippen molar-refractivity contribution in [2.45, 2.75) is 13.5 Å². The maximum atomic E-state index is 12.7. The van der Waals surface area contributed by atoms with Crippen molar-refractivity contribution in [2.75, 3.05) is 18.0 Å². The van der Waals surface area contributed by atoms with Crippen molar-refractivity contribution < 1.29 is 14.1 Å². The number of hydrogen-bond acceptors (Lipinski definition) is 5. The van der Waals surface area contributed by atoms with Gasteiger partial charge in [0.15, 0.2) is 0 Å². The standard InChI is InChI=1S/C17H17N3O3/c1-11-12(7-18-23-11)8-19-9-14-15(10-19)17(22)20(16(14)21)13-5-3-2-4-6-13/h2-7,14-15H,8-10H2,1H3. The molecule has 3 heterocycles. The number of carbonyl (C=O) groups is 2. The summed E-state index contributed by atoms with van der Waals surface area (Å²) in [6.07, 6.45) is 1.70. The number of fused-ring (bicyclic) bond motifs is 1. The van der Waals surface area contributed by atoms with Crippen LogP contribution in [0, 0.1) is 18.8 Å². The van der Waals surface area contributed by atoms with Crippen molar-refractivity contribution >= 4 is 17.5 Å². The van der Waals surface area contributed by atoms with Crippen molar-refractivity contribution in [3.05, 3.63) is 47.9 Å². The fourth-order valence-electron chi connectivity index (χ4n) is 3.50. The zero-order valence-corrected chi connectivity index (χ0v) is 12.8. The van der Waals surface area contributed by atoms with E-state index < -0.39 is 0 Å². The first-order chi connectivity index (χ1) is 11.1. The van der Waals surface area contributed by atoms with Crippen LogP contribution >= 0.6 is 0 Å². The number of benzene rings is 1. The monoisotopic (exact) mass is 311 g/mol. The average molecular weight is 311 g/mol. The largest absolute Gasteiger partial charge is 0.361 e. The summed E-state index contributed by atoms with van der Waals surface area (Å²) in [6, 6.07) is 9.15. The molecule has 0 bridgehead atoms. The van der Waals surface area contributed by atoms with Gasteiger partial charge in [-0.25, -0.2) is 4.90 Å². The van der Waals surface area contributed by atoms with Gasteiger partial charge in [-0.05, 0) is 19.1 Å². The Morgan fingerprint density at radius 1 is 1.13 bits per heavy atom. The number of hydrogen-bond donors (Lipinski definition) is 0. The van der Waals surface area contributed by atoms with E-state index in [0.29, 0.717) is 25.3 Å². The van der Waals surface area contributed by atoms with Crippen LogP contribution in [0.2, 0.25) is 0 Å². The van der Waals surface area contributed by atoms with Gasteiger partial charge >= 0.3 is 0 Å². The van der Waals surface area contributed by atoms with Crippen LogP contribution in [0.1, 0.15) is 11.3 Å². The summed E-state index contributed by atoms with van der Waals surface area (Å²) in [5.74, 6) is 0.114. The number of aryl methyl sites for hydroxylation is 1. The number of amides is 2. The second kappa shape index (κ2) is 5.31. The highest BCUT2D eigenvalue weighted by atomic mass is 16.5. The molecule has 4 rings (SSSR count). The van der Waals surface area contributed by atoms with Gasteiger partial charge in [-0.3, -0.25) is 14.5 Å². The SMILES string of the molecule is Cc1oncc1CN1CC2C(=O)N(c3ccccc3)C(=O)C2C1. The lowest BCUT2D eigenvalue weighted by Crippen LogP contribution is -2.35. The molecule has 1 aromatic heterocycles. The topological polar surface area (TPSA) is 66.7 Å². The van der Waals surface area contributed by atoms with Crippen LogP contribution in [0.5, 0.6) is 0 Å². The number of aromatic nitrogens is 1. The normalized spacial score (nSPS) is 24.5. The van der Waals surface area contributed by atoms with Crippen molar-refractivity contribution in [2.24, 2.45) is 11.8 Å². The molecule has 2 fully saturated rings. The number of imide groups is 1. The number of likely N-dealkylation sites (tertiary alicyclic amines) is 1. The molecule has 6 nitrogen and oxygen atoms in total. The molecule has 0 N–H and O–H groups in total. The summed E-state index contributed by atoms with van der Waals surface area (Å²) in [6.45, 7) is 3.73. The molecule has 0 saturated carbocycles. The van der Waals surface area contributed by atoms with Crippen LogP contribution in [-0.4, -0.2) is 35.0 Å². The Morgan fingerprint density at radius 2 is 1.78 bits per heavy atom. The van der Waals surface area contributed by atoms with Crippen LogP contribution < -0.4 is 4.90 Å². The van der Waals surface area contributed by atoms with Crippen LogP contribution in [0.25, 0.3) is 0 Å². The summed E-state index contributed by atoms with van der Waals surface area (Å²) in [5.41, 5.74) is 1.67. The fraction of sp³-hybridized carbons (Fsp3) is 0.353. The van der Waals surface area contributed by atoms with Crippen molar-refractivity contribution in [3.8, 4) is 0 Å². The minimum absolute atomic E-state index is 0.0873. The molecule has 2 atom stereocenters. The molecule has 2 amide bonds. The van der Waals surface area contributed by atoms with Gasteiger partial charge in [-0.15, -0.1) is 0 Å². The van der Waals surface area contributed by atoms with E-state index in [0.717, 1.165) is 11.3 Å². The van der Waals surface area contributed by atoms with E-state index in [2.05, 4.69) is 10.1 Å². The van der Waals surface area contributed by atoms with Gasteiger partial charge in [-0.1, -0.05) is 23.4 Å². The molecule has 0 radical (unpaired) electrons. The molecule has 2 unspecified atom stereocenters. The summed E-state index contributed by atoms with van der Waals surface area (Å²) < 4.78 is 5.07. The Hall–Kier alpha value is -2.47. The first kappa shape index (κ1) is 14.1. The van der Waals surface area contributed by atoms with Gasteiger partial charge in [0, 0.05) is 25.2 Å². The Labute approximate surface area is 133 Å². The zero-order valence-electron chi connectivity index (χ0n) is 12.8. The summed E-state index contributed by atoms with van der Waals surface area (Å²) >= 11 is 0. The summed E-state index contributed by atoms with van der Waals surface area (Å²) in [4.78, 5) is 28.8. The highest BCUT2D eigenvalue weighted by Crippen LogP contribution is 2.36. The van der Waals surface area contributed by atoms with E-state index in [1.165, 1.54) is 4.90 Å². The van der Waals surface area contributed by atoms with Gasteiger partial charge in [0.25, 0.3) is 0 Å². The van der Waals surface area contributed by atoms with Crippen molar-refractivity contribution in [1.82, 2.24) is 10.1 Å². The van der Waals surface area contributed by atoms with Crippen LogP contribution in [-0.2, 0) is 16.1 Å². The Kier molecular flexibility index (Phi) is 3.27. The molecule has 0 spiro atoms. The van der Waals surface area contributed by atoms with Crippen LogP contribution in [0.4, 0.5) is 5.69 Å². The minimum Gasteiger partial charge on any atom is -0.361 e. The third-order valence-corrected chi connectivity index (χ3v) is 4.73. The number of anilines is 1. The number of nitrogens with zero attached hydrogens (tertiary/aromatic N) is 3. The molecular formula is C17H17N3O3. The highest BCUT2D eigenvalue weighted by Gasteiger charge is 2.52. The predicted molar refractivity (Wildman–Crippen MR) is 82.4 cm³/mol. The maximum absolute atomic E-state index is 12.7. The molecule has 2 aromatic rings. The van der Waals surface area contributed by atoms with E-state index in [1.54, 1.807) is 18.3 Å². The molecule has 2 aliphatic rings. The third-order valence-electron chi connectivity index (χ3n) is 4.73. The van der Waals surface area contributed by atoms with E-state index >= 15 is 0 Å². The molecular weight excluding hydrogens is 294 g/mol. The van der Waals surface area contributed by atoms with E-state index in [1.807, 2.05) is 25.1 Å². The molecule has 2 saturated heterocycles. The van der Waals surface area contributed by atoms with Gasteiger partial charge in [0.05, 0.1) is 23.7 Å². The summed E-state index contributed by atoms with van der Waals surface area (Å²) in [7, 11) is 0. The molecule has 23 heavy (non-hydrogen) atoms. The Balaban J connectivity index is 1.52. The molecule has 0 aliphatic carbocycles. The predicted octanol–water partition coefficient (Wildman–Crippen LogP) is 1.60. The van der Waals surface area contributed by atoms with Crippen LogP contribution in [0.3, 0.4) is 0 Å². The van der Waals surface area contributed by atoms with Gasteiger partial charge in [0.2, 0.25) is 11.8 Å². The molecule has 1 aromatic carbocycles. The lowest BCUT2D eigenvalue weighted by Gasteiger charge is -2.20. The molecule has 6 heteroatoms. The van der Waals surface area contributed by atoms with Crippen molar-refractivity contribution in [1.29, 1.82) is 0 Å². The number of rotatable bonds is 3. The maximum Gasteiger partial charge on any atom is 0.239 e. The number of para-hydroxylation sites is 1. The fourth-order valence-corrected chi connectivity index (χ4v) is 3.50. The number of carbonyl (C=O) groups excluding carboxylic acids is 2. The molecule has 2 aliphatic heterocycles. The van der Waals surface area contributed by atoms with Crippen LogP contribution in [0.15, 0.2) is 41.1 Å². The van der Waals surface area contributed by atoms with Gasteiger partial charge in [0.1, 0.15) is 5.76 Å². The Morgan fingerprint density at radius 3 is 2.35 bits per heavy atom. The second-order valence-electron chi connectivity index (χ2n) is 6.16. The lowest BCUT2D eigenvalue weighted by molar-refractivity contribution is -0.123. The zero-order chi connectivity index (χ0) is 16.0. The van der Waals surface area contributed by atoms with Gasteiger partial charge in [-0.2, -0.15) is 0 Å². The minimum atomic E-state index is -0.247. The first-order valence-corrected chi connectivity index (χ1v) is 7.70. The quantitative estimate of drug-likeness (QED) is 0.806.